The molecule has 3 nitrogen and oxygen atoms in total. The van der Waals surface area contributed by atoms with Crippen molar-refractivity contribution in [3.63, 3.8) is 0 Å². The summed E-state index contributed by atoms with van der Waals surface area (Å²) in [6.07, 6.45) is 4.83. The summed E-state index contributed by atoms with van der Waals surface area (Å²) in [5.41, 5.74) is 0. The molecule has 0 fully saturated rings. The van der Waals surface area contributed by atoms with Crippen molar-refractivity contribution in [2.24, 2.45) is 0 Å². The summed E-state index contributed by atoms with van der Waals surface area (Å²) in [5.74, 6) is 0. The SMILES string of the molecule is CC#N.N#N.[W].c1ccc(P(CCP(c2ccccc2)c2ccccc2)c2ccccc2)cc1.c1ccc(P(CCP(c2ccccc2)c2ccccc2)c2ccccc2)cc1. The first-order chi connectivity index (χ1) is 30.2. The molecule has 0 radical (unpaired) electrons. The zero-order chi connectivity index (χ0) is 42.7. The Hall–Kier alpha value is -4.92. The van der Waals surface area contributed by atoms with Crippen LogP contribution in [0, 0.1) is 22.1 Å². The van der Waals surface area contributed by atoms with Crippen molar-refractivity contribution in [3.05, 3.63) is 243 Å². The van der Waals surface area contributed by atoms with E-state index in [2.05, 4.69) is 243 Å². The van der Waals surface area contributed by atoms with Crippen LogP contribution in [0.2, 0.25) is 0 Å². The minimum absolute atomic E-state index is 0. The van der Waals surface area contributed by atoms with Gasteiger partial charge in [0.1, 0.15) is 0 Å². The third-order valence-electron chi connectivity index (χ3n) is 9.64. The Balaban J connectivity index is 0.000000244. The van der Waals surface area contributed by atoms with E-state index in [4.69, 9.17) is 16.0 Å². The minimum Gasteiger partial charge on any atom is -0.199 e. The number of benzene rings is 8. The summed E-state index contributed by atoms with van der Waals surface area (Å²) < 4.78 is 0. The number of hydrogen-bond donors (Lipinski definition) is 0. The zero-order valence-corrected chi connectivity index (χ0v) is 41.5. The molecule has 0 aliphatic rings. The average molecular weight is 1050 g/mol. The van der Waals surface area contributed by atoms with Crippen LogP contribution >= 0.6 is 31.7 Å². The van der Waals surface area contributed by atoms with Crippen LogP contribution in [-0.4, -0.2) is 24.6 Å². The van der Waals surface area contributed by atoms with Gasteiger partial charge in [0.25, 0.3) is 0 Å². The molecule has 0 aliphatic carbocycles. The second kappa shape index (κ2) is 29.4. The Kier molecular flexibility index (Phi) is 23.6. The van der Waals surface area contributed by atoms with Gasteiger partial charge in [-0.15, -0.1) is 0 Å². The molecule has 0 heterocycles. The van der Waals surface area contributed by atoms with E-state index < -0.39 is 0 Å². The Morgan fingerprint density at radius 2 is 0.371 bits per heavy atom. The third-order valence-corrected chi connectivity index (χ3v) is 20.4. The number of hydrogen-bond acceptors (Lipinski definition) is 3. The van der Waals surface area contributed by atoms with Gasteiger partial charge in [-0.2, -0.15) is 5.26 Å². The summed E-state index contributed by atoms with van der Waals surface area (Å²) >= 11 is 0. The molecule has 0 saturated carbocycles. The van der Waals surface area contributed by atoms with Crippen LogP contribution in [0.5, 0.6) is 0 Å². The van der Waals surface area contributed by atoms with Gasteiger partial charge in [0.15, 0.2) is 0 Å². The van der Waals surface area contributed by atoms with Crippen molar-refractivity contribution >= 4 is 74.1 Å². The first-order valence-electron chi connectivity index (χ1n) is 20.3. The fraction of sp³-hybridized carbons (Fsp3) is 0.0926. The van der Waals surface area contributed by atoms with Crippen LogP contribution in [0.15, 0.2) is 243 Å². The molecule has 0 amide bonds. The van der Waals surface area contributed by atoms with Crippen molar-refractivity contribution in [1.29, 1.82) is 16.0 Å². The molecular weight excluding hydrogens is 998 g/mol. The molecular formula is C54H51N3P4W. The summed E-state index contributed by atoms with van der Waals surface area (Å²) in [6, 6.07) is 90.2. The van der Waals surface area contributed by atoms with E-state index in [0.717, 1.165) is 0 Å². The number of rotatable bonds is 14. The Bertz CT molecular complexity index is 1920. The Morgan fingerprint density at radius 1 is 0.274 bits per heavy atom. The largest absolute Gasteiger partial charge is 0.199 e. The molecule has 0 aromatic heterocycles. The molecule has 0 spiro atoms. The number of nitriles is 1. The molecule has 8 heteroatoms. The van der Waals surface area contributed by atoms with E-state index in [-0.39, 0.29) is 52.8 Å². The van der Waals surface area contributed by atoms with Crippen LogP contribution in [-0.2, 0) is 21.1 Å². The summed E-state index contributed by atoms with van der Waals surface area (Å²) in [6.45, 7) is 1.43. The monoisotopic (exact) mass is 1050 g/mol. The molecule has 308 valence electrons. The summed E-state index contributed by atoms with van der Waals surface area (Å²) in [4.78, 5) is 0. The van der Waals surface area contributed by atoms with Gasteiger partial charge in [-0.05, 0) is 98.8 Å². The van der Waals surface area contributed by atoms with E-state index in [1.54, 1.807) is 6.07 Å². The molecule has 8 rings (SSSR count). The van der Waals surface area contributed by atoms with E-state index in [9.17, 15) is 0 Å². The maximum atomic E-state index is 7.32. The van der Waals surface area contributed by atoms with Crippen molar-refractivity contribution in [1.82, 2.24) is 0 Å². The number of nitrogens with zero attached hydrogens (tertiary/aromatic N) is 3. The molecule has 8 aromatic carbocycles. The zero-order valence-electron chi connectivity index (χ0n) is 35.0. The first-order valence-corrected chi connectivity index (χ1v) is 26.4. The van der Waals surface area contributed by atoms with E-state index in [1.165, 1.54) is 74.0 Å². The summed E-state index contributed by atoms with van der Waals surface area (Å²) in [5, 5.41) is 31.1. The smallest absolute Gasteiger partial charge is 0.0587 e. The molecule has 0 bridgehead atoms. The topological polar surface area (TPSA) is 71.4 Å². The predicted molar refractivity (Wildman–Crippen MR) is 270 cm³/mol. The van der Waals surface area contributed by atoms with E-state index in [1.807, 2.05) is 0 Å². The van der Waals surface area contributed by atoms with Crippen LogP contribution in [0.1, 0.15) is 6.92 Å². The molecule has 0 saturated heterocycles. The molecule has 62 heavy (non-hydrogen) atoms. The quantitative estimate of drug-likeness (QED) is 0.0805. The van der Waals surface area contributed by atoms with Gasteiger partial charge < -0.3 is 0 Å². The van der Waals surface area contributed by atoms with Crippen molar-refractivity contribution < 1.29 is 21.1 Å². The third kappa shape index (κ3) is 15.8. The van der Waals surface area contributed by atoms with Crippen LogP contribution < -0.4 is 42.4 Å². The van der Waals surface area contributed by atoms with Gasteiger partial charge >= 0.3 is 0 Å². The molecule has 0 N–H and O–H groups in total. The van der Waals surface area contributed by atoms with Crippen LogP contribution in [0.4, 0.5) is 0 Å². The van der Waals surface area contributed by atoms with Gasteiger partial charge in [-0.25, -0.2) is 0 Å². The second-order valence-corrected chi connectivity index (χ2v) is 22.9. The Morgan fingerprint density at radius 3 is 0.468 bits per heavy atom. The van der Waals surface area contributed by atoms with Crippen LogP contribution in [0.3, 0.4) is 0 Å². The van der Waals surface area contributed by atoms with Gasteiger partial charge in [-0.1, -0.05) is 243 Å². The summed E-state index contributed by atoms with van der Waals surface area (Å²) in [7, 11) is -1.39. The average Bonchev–Trinajstić information content (AvgIpc) is 3.35. The standard InChI is InChI=1S/2C26H24P2.C2H3N.N2.W/c2*1-5-13-23(14-6-1)27(24-15-7-2-8-16-24)21-22-28(25-17-9-3-10-18-25)26-19-11-4-12-20-26;1-2-3;1-2;/h2*1-20H,21-22H2;1H3;;. The molecule has 0 unspecified atom stereocenters. The predicted octanol–water partition coefficient (Wildman–Crippen LogP) is 11.1. The normalized spacial score (nSPS) is 10.2. The minimum atomic E-state index is -0.348. The van der Waals surface area contributed by atoms with Gasteiger partial charge in [-0.3, -0.25) is 0 Å². The molecule has 0 aliphatic heterocycles. The first kappa shape index (κ1) is 49.7. The fourth-order valence-electron chi connectivity index (χ4n) is 6.89. The van der Waals surface area contributed by atoms with Crippen molar-refractivity contribution in [2.75, 3.05) is 24.6 Å². The molecule has 8 aromatic rings. The fourth-order valence-corrected chi connectivity index (χ4v) is 17.6. The van der Waals surface area contributed by atoms with Gasteiger partial charge in [0.05, 0.1) is 6.07 Å². The second-order valence-electron chi connectivity index (χ2n) is 13.5. The van der Waals surface area contributed by atoms with Crippen molar-refractivity contribution in [2.45, 2.75) is 6.92 Å². The maximum Gasteiger partial charge on any atom is 0.0587 e. The van der Waals surface area contributed by atoms with E-state index >= 15 is 0 Å². The van der Waals surface area contributed by atoms with Gasteiger partial charge in [0.2, 0.25) is 0 Å². The molecule has 0 atom stereocenters. The maximum absolute atomic E-state index is 7.32. The van der Waals surface area contributed by atoms with Gasteiger partial charge in [0, 0.05) is 38.8 Å². The van der Waals surface area contributed by atoms with E-state index in [0.29, 0.717) is 0 Å². The van der Waals surface area contributed by atoms with Crippen LogP contribution in [0.25, 0.3) is 0 Å². The van der Waals surface area contributed by atoms with Crippen molar-refractivity contribution in [3.8, 4) is 6.07 Å². The Labute approximate surface area is 389 Å².